The van der Waals surface area contributed by atoms with Gasteiger partial charge in [-0.05, 0) is 49.4 Å². The molecule has 0 bridgehead atoms. The summed E-state index contributed by atoms with van der Waals surface area (Å²) in [6.45, 7) is 6.24. The molecule has 0 aliphatic heterocycles. The molecule has 1 aromatic rings. The molecule has 1 fully saturated rings. The zero-order valence-corrected chi connectivity index (χ0v) is 12.8. The number of benzene rings is 1. The van der Waals surface area contributed by atoms with Crippen molar-refractivity contribution in [2.75, 3.05) is 18.5 Å². The molecule has 0 spiro atoms. The van der Waals surface area contributed by atoms with Crippen molar-refractivity contribution in [1.82, 2.24) is 5.32 Å². The summed E-state index contributed by atoms with van der Waals surface area (Å²) in [5.41, 5.74) is 3.06. The van der Waals surface area contributed by atoms with E-state index in [1.165, 1.54) is 24.8 Å². The minimum Gasteiger partial charge on any atom is -0.371 e. The summed E-state index contributed by atoms with van der Waals surface area (Å²) >= 11 is 0. The molecule has 0 atom stereocenters. The maximum absolute atomic E-state index is 9.38. The molecule has 0 heterocycles. The molecule has 2 rings (SSSR count). The first-order valence-corrected chi connectivity index (χ1v) is 7.58. The lowest BCUT2D eigenvalue weighted by atomic mass is 9.91. The predicted molar refractivity (Wildman–Crippen MR) is 83.7 cm³/mol. The molecular formula is C17H25N3. The highest BCUT2D eigenvalue weighted by Gasteiger charge is 2.23. The topological polar surface area (TPSA) is 39.1 Å². The molecule has 0 amide bonds. The van der Waals surface area contributed by atoms with Crippen molar-refractivity contribution < 1.29 is 0 Å². The molecule has 1 aliphatic carbocycles. The molecule has 1 saturated carbocycles. The van der Waals surface area contributed by atoms with Crippen molar-refractivity contribution in [1.29, 1.82) is 5.26 Å². The normalized spacial score (nSPS) is 14.9. The summed E-state index contributed by atoms with van der Waals surface area (Å²) in [5.74, 6) is 0.648. The first-order valence-electron chi connectivity index (χ1n) is 7.58. The van der Waals surface area contributed by atoms with E-state index in [2.05, 4.69) is 49.3 Å². The zero-order valence-electron chi connectivity index (χ0n) is 12.8. The third-order valence-electron chi connectivity index (χ3n) is 4.07. The summed E-state index contributed by atoms with van der Waals surface area (Å²) in [4.78, 5) is 2.27. The number of rotatable bonds is 6. The third kappa shape index (κ3) is 3.52. The van der Waals surface area contributed by atoms with Gasteiger partial charge in [-0.3, -0.25) is 0 Å². The molecule has 20 heavy (non-hydrogen) atoms. The van der Waals surface area contributed by atoms with Gasteiger partial charge < -0.3 is 10.2 Å². The van der Waals surface area contributed by atoms with Crippen molar-refractivity contribution in [3.63, 3.8) is 0 Å². The van der Waals surface area contributed by atoms with E-state index in [4.69, 9.17) is 0 Å². The fourth-order valence-corrected chi connectivity index (χ4v) is 2.57. The summed E-state index contributed by atoms with van der Waals surface area (Å²) in [6, 6.07) is 9.23. The molecule has 1 aliphatic rings. The molecule has 1 aromatic carbocycles. The average Bonchev–Trinajstić information content (AvgIpc) is 2.36. The van der Waals surface area contributed by atoms with E-state index >= 15 is 0 Å². The average molecular weight is 271 g/mol. The van der Waals surface area contributed by atoms with Gasteiger partial charge in [0.25, 0.3) is 0 Å². The Morgan fingerprint density at radius 1 is 1.40 bits per heavy atom. The van der Waals surface area contributed by atoms with Gasteiger partial charge in [0, 0.05) is 19.6 Å². The van der Waals surface area contributed by atoms with Gasteiger partial charge in [-0.1, -0.05) is 19.9 Å². The van der Waals surface area contributed by atoms with E-state index in [0.29, 0.717) is 12.0 Å². The van der Waals surface area contributed by atoms with Gasteiger partial charge >= 0.3 is 0 Å². The standard InChI is InChI=1S/C17H25N3/c1-13(2)11-19-12-14-7-8-17(15(9-14)10-18)20(3)16-5-4-6-16/h7-9,13,16,19H,4-6,11-12H2,1-3H3. The van der Waals surface area contributed by atoms with Crippen LogP contribution in [0.5, 0.6) is 0 Å². The van der Waals surface area contributed by atoms with Crippen LogP contribution in [-0.2, 0) is 6.54 Å². The van der Waals surface area contributed by atoms with E-state index in [1.807, 2.05) is 6.07 Å². The van der Waals surface area contributed by atoms with Gasteiger partial charge in [0.1, 0.15) is 6.07 Å². The van der Waals surface area contributed by atoms with E-state index in [9.17, 15) is 5.26 Å². The summed E-state index contributed by atoms with van der Waals surface area (Å²) in [7, 11) is 2.11. The number of nitrogens with zero attached hydrogens (tertiary/aromatic N) is 2. The van der Waals surface area contributed by atoms with Crippen LogP contribution in [0.4, 0.5) is 5.69 Å². The Morgan fingerprint density at radius 3 is 2.70 bits per heavy atom. The molecule has 0 aromatic heterocycles. The highest BCUT2D eigenvalue weighted by Crippen LogP contribution is 2.30. The first kappa shape index (κ1) is 14.9. The number of hydrogen-bond acceptors (Lipinski definition) is 3. The van der Waals surface area contributed by atoms with E-state index in [-0.39, 0.29) is 0 Å². The zero-order chi connectivity index (χ0) is 14.5. The molecular weight excluding hydrogens is 246 g/mol. The summed E-state index contributed by atoms with van der Waals surface area (Å²) in [6.07, 6.45) is 3.81. The lowest BCUT2D eigenvalue weighted by Gasteiger charge is -2.36. The summed E-state index contributed by atoms with van der Waals surface area (Å²) < 4.78 is 0. The van der Waals surface area contributed by atoms with Gasteiger partial charge in [0.2, 0.25) is 0 Å². The Morgan fingerprint density at radius 2 is 2.15 bits per heavy atom. The van der Waals surface area contributed by atoms with Crippen LogP contribution < -0.4 is 10.2 Å². The van der Waals surface area contributed by atoms with Crippen molar-refractivity contribution in [3.8, 4) is 6.07 Å². The molecule has 1 N–H and O–H groups in total. The lowest BCUT2D eigenvalue weighted by molar-refractivity contribution is 0.401. The number of hydrogen-bond donors (Lipinski definition) is 1. The molecule has 0 radical (unpaired) electrons. The second-order valence-corrected chi connectivity index (χ2v) is 6.18. The van der Waals surface area contributed by atoms with Crippen LogP contribution in [0.1, 0.15) is 44.2 Å². The van der Waals surface area contributed by atoms with Gasteiger partial charge in [-0.2, -0.15) is 5.26 Å². The van der Waals surface area contributed by atoms with E-state index in [1.54, 1.807) is 0 Å². The highest BCUT2D eigenvalue weighted by atomic mass is 15.1. The summed E-state index contributed by atoms with van der Waals surface area (Å²) in [5, 5.41) is 12.8. The number of nitrogens with one attached hydrogen (secondary N) is 1. The molecule has 0 unspecified atom stereocenters. The van der Waals surface area contributed by atoms with Crippen molar-refractivity contribution in [2.45, 2.75) is 45.7 Å². The number of anilines is 1. The monoisotopic (exact) mass is 271 g/mol. The van der Waals surface area contributed by atoms with Crippen molar-refractivity contribution in [2.24, 2.45) is 5.92 Å². The minimum atomic E-state index is 0.618. The predicted octanol–water partition coefficient (Wildman–Crippen LogP) is 3.29. The van der Waals surface area contributed by atoms with Crippen molar-refractivity contribution in [3.05, 3.63) is 29.3 Å². The van der Waals surface area contributed by atoms with Gasteiger partial charge in [-0.15, -0.1) is 0 Å². The molecule has 108 valence electrons. The first-order chi connectivity index (χ1) is 9.61. The second kappa shape index (κ2) is 6.76. The Kier molecular flexibility index (Phi) is 5.03. The fraction of sp³-hybridized carbons (Fsp3) is 0.588. The van der Waals surface area contributed by atoms with E-state index < -0.39 is 0 Å². The Bertz CT molecular complexity index is 483. The minimum absolute atomic E-state index is 0.618. The smallest absolute Gasteiger partial charge is 0.101 e. The van der Waals surface area contributed by atoms with Crippen LogP contribution >= 0.6 is 0 Å². The van der Waals surface area contributed by atoms with Crippen LogP contribution in [0.25, 0.3) is 0 Å². The maximum Gasteiger partial charge on any atom is 0.101 e. The van der Waals surface area contributed by atoms with Gasteiger partial charge in [0.15, 0.2) is 0 Å². The molecule has 3 nitrogen and oxygen atoms in total. The van der Waals surface area contributed by atoms with Crippen molar-refractivity contribution >= 4 is 5.69 Å². The largest absolute Gasteiger partial charge is 0.371 e. The van der Waals surface area contributed by atoms with Gasteiger partial charge in [0.05, 0.1) is 11.3 Å². The van der Waals surface area contributed by atoms with Crippen LogP contribution in [0, 0.1) is 17.2 Å². The Balaban J connectivity index is 2.05. The maximum atomic E-state index is 9.38. The van der Waals surface area contributed by atoms with E-state index in [0.717, 1.165) is 24.3 Å². The van der Waals surface area contributed by atoms with Gasteiger partial charge in [-0.25, -0.2) is 0 Å². The van der Waals surface area contributed by atoms with Crippen LogP contribution in [0.2, 0.25) is 0 Å². The molecule has 0 saturated heterocycles. The lowest BCUT2D eigenvalue weighted by Crippen LogP contribution is -2.37. The Labute approximate surface area is 122 Å². The fourth-order valence-electron chi connectivity index (χ4n) is 2.57. The third-order valence-corrected chi connectivity index (χ3v) is 4.07. The SMILES string of the molecule is CC(C)CNCc1ccc(N(C)C2CCC2)c(C#N)c1. The number of nitriles is 1. The van der Waals surface area contributed by atoms with Crippen LogP contribution in [0.3, 0.4) is 0 Å². The Hall–Kier alpha value is -1.53. The second-order valence-electron chi connectivity index (χ2n) is 6.18. The quantitative estimate of drug-likeness (QED) is 0.863. The highest BCUT2D eigenvalue weighted by molar-refractivity contribution is 5.60. The van der Waals surface area contributed by atoms with Crippen LogP contribution in [-0.4, -0.2) is 19.6 Å². The molecule has 3 heteroatoms. The van der Waals surface area contributed by atoms with Crippen LogP contribution in [0.15, 0.2) is 18.2 Å².